The number of halogens is 1. The molecule has 1 fully saturated rings. The van der Waals surface area contributed by atoms with Crippen molar-refractivity contribution < 1.29 is 19.3 Å². The molecule has 0 aromatic heterocycles. The summed E-state index contributed by atoms with van der Waals surface area (Å²) in [6.45, 7) is 1.30. The molecular formula is C20H19ClN4O5. The van der Waals surface area contributed by atoms with Crippen molar-refractivity contribution in [3.8, 4) is 0 Å². The standard InChI is InChI=1S/C20H19ClN4O5/c1-3-20(13-4-6-14(21)7-5-13)18(27)24(19(28)22-20)12-17(26)23(2)15-8-10-16(11-9-15)25(29)30/h4-11H,3,12H2,1-2H3,(H,22,28). The molecule has 4 amide bonds. The number of hydrogen-bond acceptors (Lipinski definition) is 5. The minimum atomic E-state index is -1.27. The zero-order chi connectivity index (χ0) is 22.1. The monoisotopic (exact) mass is 430 g/mol. The topological polar surface area (TPSA) is 113 Å². The Bertz CT molecular complexity index is 1010. The molecule has 0 spiro atoms. The summed E-state index contributed by atoms with van der Waals surface area (Å²) in [5, 5.41) is 14.0. The van der Waals surface area contributed by atoms with Crippen molar-refractivity contribution in [1.82, 2.24) is 10.2 Å². The van der Waals surface area contributed by atoms with Crippen LogP contribution in [0, 0.1) is 10.1 Å². The van der Waals surface area contributed by atoms with Crippen molar-refractivity contribution in [2.75, 3.05) is 18.5 Å². The number of non-ortho nitro benzene ring substituents is 1. The van der Waals surface area contributed by atoms with Gasteiger partial charge in [-0.25, -0.2) is 4.79 Å². The molecule has 2 aromatic rings. The molecule has 1 N–H and O–H groups in total. The summed E-state index contributed by atoms with van der Waals surface area (Å²) < 4.78 is 0. The van der Waals surface area contributed by atoms with Gasteiger partial charge in [0, 0.05) is 29.9 Å². The van der Waals surface area contributed by atoms with Crippen molar-refractivity contribution >= 4 is 40.8 Å². The summed E-state index contributed by atoms with van der Waals surface area (Å²) in [6.07, 6.45) is 0.294. The Morgan fingerprint density at radius 1 is 1.17 bits per heavy atom. The number of rotatable bonds is 6. The average Bonchev–Trinajstić information content (AvgIpc) is 2.98. The third-order valence-corrected chi connectivity index (χ3v) is 5.41. The smallest absolute Gasteiger partial charge is 0.319 e. The van der Waals surface area contributed by atoms with E-state index in [9.17, 15) is 24.5 Å². The fourth-order valence-electron chi connectivity index (χ4n) is 3.33. The number of anilines is 1. The second-order valence-electron chi connectivity index (χ2n) is 6.81. The predicted octanol–water partition coefficient (Wildman–Crippen LogP) is 3.07. The van der Waals surface area contributed by atoms with Gasteiger partial charge >= 0.3 is 6.03 Å². The number of likely N-dealkylation sites (N-methyl/N-ethyl adjacent to an activating group) is 1. The number of hydrogen-bond donors (Lipinski definition) is 1. The number of carbonyl (C=O) groups excluding carboxylic acids is 3. The SMILES string of the molecule is CCC1(c2ccc(Cl)cc2)NC(=O)N(CC(=O)N(C)c2ccc([N+](=O)[O-])cc2)C1=O. The zero-order valence-electron chi connectivity index (χ0n) is 16.3. The van der Waals surface area contributed by atoms with E-state index >= 15 is 0 Å². The Hall–Kier alpha value is -3.46. The van der Waals surface area contributed by atoms with Crippen LogP contribution < -0.4 is 10.2 Å². The molecule has 1 atom stereocenters. The first kappa shape index (κ1) is 21.3. The van der Waals surface area contributed by atoms with E-state index in [4.69, 9.17) is 11.6 Å². The molecule has 0 aliphatic carbocycles. The van der Waals surface area contributed by atoms with Gasteiger partial charge in [-0.15, -0.1) is 0 Å². The maximum Gasteiger partial charge on any atom is 0.325 e. The van der Waals surface area contributed by atoms with Gasteiger partial charge in [0.15, 0.2) is 0 Å². The average molecular weight is 431 g/mol. The molecule has 1 aliphatic heterocycles. The minimum Gasteiger partial charge on any atom is -0.319 e. The fraction of sp³-hybridized carbons (Fsp3) is 0.250. The van der Waals surface area contributed by atoms with Crippen molar-refractivity contribution in [3.05, 3.63) is 69.2 Å². The van der Waals surface area contributed by atoms with Crippen LogP contribution in [0.4, 0.5) is 16.2 Å². The molecule has 156 valence electrons. The molecule has 1 saturated heterocycles. The summed E-state index contributed by atoms with van der Waals surface area (Å²) in [5.74, 6) is -1.04. The highest BCUT2D eigenvalue weighted by Gasteiger charge is 2.51. The molecule has 9 nitrogen and oxygen atoms in total. The number of urea groups is 1. The first-order valence-electron chi connectivity index (χ1n) is 9.10. The Labute approximate surface area is 177 Å². The Kier molecular flexibility index (Phi) is 5.75. The zero-order valence-corrected chi connectivity index (χ0v) is 17.0. The highest BCUT2D eigenvalue weighted by Crippen LogP contribution is 2.33. The molecule has 1 unspecified atom stereocenters. The lowest BCUT2D eigenvalue weighted by atomic mass is 9.87. The summed E-state index contributed by atoms with van der Waals surface area (Å²) in [4.78, 5) is 50.7. The van der Waals surface area contributed by atoms with Gasteiger partial charge in [0.1, 0.15) is 12.1 Å². The maximum atomic E-state index is 13.1. The van der Waals surface area contributed by atoms with E-state index in [1.54, 1.807) is 31.2 Å². The Balaban J connectivity index is 1.79. The van der Waals surface area contributed by atoms with Crippen molar-refractivity contribution in [1.29, 1.82) is 0 Å². The Morgan fingerprint density at radius 2 is 1.77 bits per heavy atom. The number of benzene rings is 2. The molecule has 30 heavy (non-hydrogen) atoms. The van der Waals surface area contributed by atoms with Crippen LogP contribution in [0.3, 0.4) is 0 Å². The maximum absolute atomic E-state index is 13.1. The molecular weight excluding hydrogens is 412 g/mol. The van der Waals surface area contributed by atoms with Crippen LogP contribution in [0.1, 0.15) is 18.9 Å². The predicted molar refractivity (Wildman–Crippen MR) is 110 cm³/mol. The molecule has 1 heterocycles. The van der Waals surface area contributed by atoms with Gasteiger partial charge in [-0.05, 0) is 36.2 Å². The van der Waals surface area contributed by atoms with Crippen molar-refractivity contribution in [2.24, 2.45) is 0 Å². The van der Waals surface area contributed by atoms with E-state index in [-0.39, 0.29) is 5.69 Å². The quantitative estimate of drug-likeness (QED) is 0.430. The molecule has 1 aliphatic rings. The second kappa shape index (κ2) is 8.11. The van der Waals surface area contributed by atoms with Crippen LogP contribution in [0.2, 0.25) is 5.02 Å². The van der Waals surface area contributed by atoms with Crippen LogP contribution in [0.5, 0.6) is 0 Å². The fourth-order valence-corrected chi connectivity index (χ4v) is 3.45. The lowest BCUT2D eigenvalue weighted by Crippen LogP contribution is -2.45. The molecule has 0 radical (unpaired) electrons. The number of nitro groups is 1. The van der Waals surface area contributed by atoms with Crippen LogP contribution in [-0.4, -0.2) is 41.3 Å². The van der Waals surface area contributed by atoms with Gasteiger partial charge in [-0.1, -0.05) is 30.7 Å². The first-order valence-corrected chi connectivity index (χ1v) is 9.48. The van der Waals surface area contributed by atoms with Gasteiger partial charge in [0.05, 0.1) is 4.92 Å². The summed E-state index contributed by atoms with van der Waals surface area (Å²) in [5.41, 5.74) is -0.402. The van der Waals surface area contributed by atoms with Crippen LogP contribution >= 0.6 is 11.6 Å². The lowest BCUT2D eigenvalue weighted by molar-refractivity contribution is -0.384. The highest BCUT2D eigenvalue weighted by atomic mass is 35.5. The van der Waals surface area contributed by atoms with Crippen LogP contribution in [0.15, 0.2) is 48.5 Å². The minimum absolute atomic E-state index is 0.107. The van der Waals surface area contributed by atoms with Crippen LogP contribution in [0.25, 0.3) is 0 Å². The third kappa shape index (κ3) is 3.71. The van der Waals surface area contributed by atoms with Crippen LogP contribution in [-0.2, 0) is 15.1 Å². The first-order chi connectivity index (χ1) is 14.2. The van der Waals surface area contributed by atoms with Crippen molar-refractivity contribution in [2.45, 2.75) is 18.9 Å². The largest absolute Gasteiger partial charge is 0.325 e. The number of nitrogens with one attached hydrogen (secondary N) is 1. The summed E-state index contributed by atoms with van der Waals surface area (Å²) >= 11 is 5.92. The molecule has 10 heteroatoms. The van der Waals surface area contributed by atoms with Gasteiger partial charge < -0.3 is 10.2 Å². The number of carbonyl (C=O) groups is 3. The van der Waals surface area contributed by atoms with Crippen molar-refractivity contribution in [3.63, 3.8) is 0 Å². The number of amides is 4. The summed E-state index contributed by atoms with van der Waals surface area (Å²) in [7, 11) is 1.47. The normalized spacial score (nSPS) is 18.3. The highest BCUT2D eigenvalue weighted by molar-refractivity contribution is 6.30. The molecule has 3 rings (SSSR count). The van der Waals surface area contributed by atoms with Gasteiger partial charge in [0.2, 0.25) is 5.91 Å². The molecule has 0 saturated carbocycles. The van der Waals surface area contributed by atoms with Gasteiger partial charge in [0.25, 0.3) is 11.6 Å². The van der Waals surface area contributed by atoms with E-state index in [1.165, 1.54) is 36.2 Å². The number of imide groups is 1. The number of nitrogens with zero attached hydrogens (tertiary/aromatic N) is 3. The van der Waals surface area contributed by atoms with Gasteiger partial charge in [-0.3, -0.25) is 24.6 Å². The number of nitro benzene ring substituents is 1. The van der Waals surface area contributed by atoms with E-state index < -0.39 is 34.9 Å². The van der Waals surface area contributed by atoms with E-state index in [1.807, 2.05) is 0 Å². The Morgan fingerprint density at radius 3 is 2.30 bits per heavy atom. The molecule has 0 bridgehead atoms. The molecule has 2 aromatic carbocycles. The third-order valence-electron chi connectivity index (χ3n) is 5.16. The second-order valence-corrected chi connectivity index (χ2v) is 7.25. The van der Waals surface area contributed by atoms with E-state index in [2.05, 4.69) is 5.32 Å². The lowest BCUT2D eigenvalue weighted by Gasteiger charge is -2.26. The van der Waals surface area contributed by atoms with E-state index in [0.29, 0.717) is 22.7 Å². The summed E-state index contributed by atoms with van der Waals surface area (Å²) in [6, 6.07) is 11.3. The van der Waals surface area contributed by atoms with E-state index in [0.717, 1.165) is 4.90 Å². The van der Waals surface area contributed by atoms with Gasteiger partial charge in [-0.2, -0.15) is 0 Å².